The zero-order valence-electron chi connectivity index (χ0n) is 21.4. The van der Waals surface area contributed by atoms with Crippen molar-refractivity contribution in [1.82, 2.24) is 19.4 Å². The lowest BCUT2D eigenvalue weighted by Gasteiger charge is -2.38. The van der Waals surface area contributed by atoms with E-state index in [1.165, 1.54) is 27.7 Å². The number of aryl methyl sites for hydroxylation is 1. The van der Waals surface area contributed by atoms with Gasteiger partial charge in [0.25, 0.3) is 5.69 Å². The van der Waals surface area contributed by atoms with E-state index in [1.807, 2.05) is 30.3 Å². The van der Waals surface area contributed by atoms with Crippen molar-refractivity contribution in [3.05, 3.63) is 104 Å². The number of ether oxygens (including phenoxy) is 1. The summed E-state index contributed by atoms with van der Waals surface area (Å²) in [7, 11) is 0. The summed E-state index contributed by atoms with van der Waals surface area (Å²) in [5, 5.41) is 14.2. The number of para-hydroxylation sites is 1. The minimum Gasteiger partial charge on any atom is -0.459 e. The lowest BCUT2D eigenvalue weighted by molar-refractivity contribution is -0.384. The Morgan fingerprint density at radius 1 is 1.08 bits per heavy atom. The van der Waals surface area contributed by atoms with E-state index in [1.54, 1.807) is 43.8 Å². The third kappa shape index (κ3) is 5.51. The maximum atomic E-state index is 13.1. The monoisotopic (exact) mass is 519 g/mol. The van der Waals surface area contributed by atoms with Crippen LogP contribution in [0.2, 0.25) is 0 Å². The van der Waals surface area contributed by atoms with Crippen LogP contribution in [0, 0.1) is 10.1 Å². The van der Waals surface area contributed by atoms with E-state index in [-0.39, 0.29) is 23.5 Å². The summed E-state index contributed by atoms with van der Waals surface area (Å²) in [6.07, 6.45) is 3.35. The van der Waals surface area contributed by atoms with Gasteiger partial charge >= 0.3 is 17.7 Å². The first-order chi connectivity index (χ1) is 18.2. The molecule has 0 fully saturated rings. The molecule has 1 unspecified atom stereocenters. The minimum atomic E-state index is -0.902. The highest BCUT2D eigenvalue weighted by Gasteiger charge is 2.39. The van der Waals surface area contributed by atoms with E-state index < -0.39 is 29.1 Å². The summed E-state index contributed by atoms with van der Waals surface area (Å²) >= 11 is 0. The third-order valence-corrected chi connectivity index (χ3v) is 6.18. The number of aromatic nitrogens is 2. The molecule has 0 spiro atoms. The van der Waals surface area contributed by atoms with Gasteiger partial charge in [-0.05, 0) is 44.9 Å². The van der Waals surface area contributed by atoms with Crippen LogP contribution in [0.15, 0.2) is 83.1 Å². The highest BCUT2D eigenvalue weighted by molar-refractivity contribution is 5.95. The highest BCUT2D eigenvalue weighted by atomic mass is 16.6. The fourth-order valence-electron chi connectivity index (χ4n) is 4.49. The van der Waals surface area contributed by atoms with Crippen LogP contribution in [0.4, 0.5) is 10.5 Å². The van der Waals surface area contributed by atoms with Gasteiger partial charge in [-0.25, -0.2) is 14.4 Å². The molecule has 1 aromatic heterocycles. The van der Waals surface area contributed by atoms with E-state index >= 15 is 0 Å². The molecule has 0 aliphatic carbocycles. The Morgan fingerprint density at radius 3 is 2.50 bits per heavy atom. The van der Waals surface area contributed by atoms with Crippen LogP contribution in [0.25, 0.3) is 5.69 Å². The molecule has 0 saturated carbocycles. The van der Waals surface area contributed by atoms with Gasteiger partial charge in [-0.2, -0.15) is 0 Å². The molecule has 198 valence electrons. The van der Waals surface area contributed by atoms with Crippen molar-refractivity contribution in [1.29, 1.82) is 0 Å². The summed E-state index contributed by atoms with van der Waals surface area (Å²) in [6, 6.07) is 13.7. The molecule has 2 amide bonds. The Balaban J connectivity index is 1.62. The SMILES string of the molecule is CC1=C(C(=O)OC(C)C)C(c2cccc([N+](=O)[O-])c2)N(CCCn2ccn(-c3ccccc3)c2=O)C(=O)N1. The van der Waals surface area contributed by atoms with Crippen molar-refractivity contribution >= 4 is 17.7 Å². The minimum absolute atomic E-state index is 0.156. The number of esters is 1. The van der Waals surface area contributed by atoms with Crippen LogP contribution in [0.5, 0.6) is 0 Å². The number of hydrogen-bond acceptors (Lipinski definition) is 6. The first kappa shape index (κ1) is 26.4. The van der Waals surface area contributed by atoms with Crippen LogP contribution in [-0.4, -0.2) is 43.6 Å². The van der Waals surface area contributed by atoms with E-state index in [0.717, 1.165) is 5.69 Å². The number of carbonyl (C=O) groups is 2. The van der Waals surface area contributed by atoms with E-state index in [2.05, 4.69) is 5.32 Å². The molecule has 0 saturated heterocycles. The summed E-state index contributed by atoms with van der Waals surface area (Å²) in [5.41, 5.74) is 1.31. The van der Waals surface area contributed by atoms with Crippen molar-refractivity contribution in [2.45, 2.75) is 45.9 Å². The number of hydrogen-bond donors (Lipinski definition) is 1. The average Bonchev–Trinajstić information content (AvgIpc) is 3.25. The van der Waals surface area contributed by atoms with E-state index in [9.17, 15) is 24.5 Å². The van der Waals surface area contributed by atoms with Gasteiger partial charge in [-0.3, -0.25) is 19.2 Å². The lowest BCUT2D eigenvalue weighted by Crippen LogP contribution is -2.49. The summed E-state index contributed by atoms with van der Waals surface area (Å²) in [4.78, 5) is 51.5. The molecule has 0 bridgehead atoms. The fraction of sp³-hybridized carbons (Fsp3) is 0.296. The van der Waals surface area contributed by atoms with Crippen LogP contribution in [0.1, 0.15) is 38.8 Å². The number of nitro groups is 1. The van der Waals surface area contributed by atoms with Gasteiger partial charge in [-0.1, -0.05) is 30.3 Å². The van der Waals surface area contributed by atoms with Crippen molar-refractivity contribution < 1.29 is 19.2 Å². The van der Waals surface area contributed by atoms with Crippen LogP contribution in [0.3, 0.4) is 0 Å². The molecular formula is C27H29N5O6. The second-order valence-corrected chi connectivity index (χ2v) is 9.20. The summed E-state index contributed by atoms with van der Waals surface area (Å²) in [6.45, 7) is 5.53. The van der Waals surface area contributed by atoms with Crippen LogP contribution in [-0.2, 0) is 16.1 Å². The van der Waals surface area contributed by atoms with Crippen molar-refractivity contribution in [3.8, 4) is 5.69 Å². The molecule has 38 heavy (non-hydrogen) atoms. The molecule has 0 radical (unpaired) electrons. The average molecular weight is 520 g/mol. The van der Waals surface area contributed by atoms with Crippen LogP contribution >= 0.6 is 0 Å². The first-order valence-corrected chi connectivity index (χ1v) is 12.2. The zero-order chi connectivity index (χ0) is 27.4. The normalized spacial score (nSPS) is 15.5. The largest absolute Gasteiger partial charge is 0.459 e. The number of urea groups is 1. The second-order valence-electron chi connectivity index (χ2n) is 9.20. The topological polar surface area (TPSA) is 129 Å². The fourth-order valence-corrected chi connectivity index (χ4v) is 4.49. The molecule has 1 N–H and O–H groups in total. The molecule has 3 aromatic rings. The number of rotatable bonds is 9. The number of nitrogens with zero attached hydrogens (tertiary/aromatic N) is 4. The number of allylic oxidation sites excluding steroid dienone is 1. The predicted octanol–water partition coefficient (Wildman–Crippen LogP) is 3.93. The lowest BCUT2D eigenvalue weighted by atomic mass is 9.93. The van der Waals surface area contributed by atoms with Gasteiger partial charge in [0.1, 0.15) is 0 Å². The van der Waals surface area contributed by atoms with Crippen LogP contribution < -0.4 is 11.0 Å². The van der Waals surface area contributed by atoms with Crippen molar-refractivity contribution in [3.63, 3.8) is 0 Å². The predicted molar refractivity (Wildman–Crippen MR) is 140 cm³/mol. The molecule has 11 heteroatoms. The molecule has 1 aliphatic rings. The third-order valence-electron chi connectivity index (χ3n) is 6.18. The second kappa shape index (κ2) is 11.2. The molecule has 11 nitrogen and oxygen atoms in total. The number of non-ortho nitro benzene ring substituents is 1. The number of benzene rings is 2. The maximum Gasteiger partial charge on any atom is 0.338 e. The van der Waals surface area contributed by atoms with Gasteiger partial charge in [0, 0.05) is 43.3 Å². The zero-order valence-corrected chi connectivity index (χ0v) is 21.4. The summed E-state index contributed by atoms with van der Waals surface area (Å²) in [5.74, 6) is -0.616. The van der Waals surface area contributed by atoms with E-state index in [0.29, 0.717) is 24.2 Å². The number of carbonyl (C=O) groups excluding carboxylic acids is 2. The number of nitrogens with one attached hydrogen (secondary N) is 1. The number of nitro benzene ring substituents is 1. The highest BCUT2D eigenvalue weighted by Crippen LogP contribution is 2.36. The first-order valence-electron chi connectivity index (χ1n) is 12.2. The Morgan fingerprint density at radius 2 is 1.82 bits per heavy atom. The summed E-state index contributed by atoms with van der Waals surface area (Å²) < 4.78 is 8.53. The number of amides is 2. The van der Waals surface area contributed by atoms with Gasteiger partial charge in [0.05, 0.1) is 28.3 Å². The maximum absolute atomic E-state index is 13.1. The molecule has 2 heterocycles. The standard InChI is InChI=1S/C27H29N5O6/c1-18(2)38-25(33)23-19(3)28-26(34)31(24(23)20-9-7-12-22(17-20)32(36)37)14-8-13-29-15-16-30(27(29)35)21-10-5-4-6-11-21/h4-7,9-12,15-18,24H,8,13-14H2,1-3H3,(H,28,34). The van der Waals surface area contributed by atoms with Gasteiger partial charge in [0.15, 0.2) is 0 Å². The molecule has 1 atom stereocenters. The quantitative estimate of drug-likeness (QED) is 0.259. The Bertz CT molecular complexity index is 1440. The van der Waals surface area contributed by atoms with Gasteiger partial charge in [0.2, 0.25) is 0 Å². The number of imidazole rings is 1. The Hall–Kier alpha value is -4.67. The van der Waals surface area contributed by atoms with Crippen molar-refractivity contribution in [2.24, 2.45) is 0 Å². The van der Waals surface area contributed by atoms with Gasteiger partial charge in [-0.15, -0.1) is 0 Å². The van der Waals surface area contributed by atoms with Gasteiger partial charge < -0.3 is 15.0 Å². The Labute approximate surface area is 219 Å². The molecule has 2 aromatic carbocycles. The van der Waals surface area contributed by atoms with Crippen molar-refractivity contribution in [2.75, 3.05) is 6.54 Å². The molecule has 4 rings (SSSR count). The van der Waals surface area contributed by atoms with E-state index in [4.69, 9.17) is 4.74 Å². The molecule has 1 aliphatic heterocycles. The Kier molecular flexibility index (Phi) is 7.75. The molecular weight excluding hydrogens is 490 g/mol. The smallest absolute Gasteiger partial charge is 0.338 e.